The number of carbonyl (C=O) groups excluding carboxylic acids is 10. The van der Waals surface area contributed by atoms with Gasteiger partial charge in [-0.05, 0) is 220 Å². The quantitative estimate of drug-likeness (QED) is 0.0321. The zero-order valence-electron chi connectivity index (χ0n) is 84.1. The summed E-state index contributed by atoms with van der Waals surface area (Å²) in [5.74, 6) is -0.963. The highest BCUT2D eigenvalue weighted by Crippen LogP contribution is 2.55. The molecule has 776 valence electrons. The number of hydroxylamine groups is 2. The van der Waals surface area contributed by atoms with Gasteiger partial charge in [0.2, 0.25) is 0 Å². The van der Waals surface area contributed by atoms with E-state index in [4.69, 9.17) is 67.3 Å². The normalized spacial score (nSPS) is 20.3. The van der Waals surface area contributed by atoms with E-state index in [0.29, 0.717) is 171 Å². The smallest absolute Gasteiger partial charge is 0.410 e. The Morgan fingerprint density at radius 3 is 0.932 bits per heavy atom. The third kappa shape index (κ3) is 23.3. The molecule has 20 rings (SSSR count). The second-order valence-electron chi connectivity index (χ2n) is 40.8. The second-order valence-corrected chi connectivity index (χ2v) is 40.8. The Hall–Kier alpha value is -13.8. The van der Waals surface area contributed by atoms with Crippen LogP contribution in [-0.4, -0.2) is 247 Å². The minimum Gasteiger partial charge on any atom is -0.492 e. The van der Waals surface area contributed by atoms with Crippen molar-refractivity contribution in [1.82, 2.24) is 51.0 Å². The first kappa shape index (κ1) is 105. The number of likely N-dealkylation sites (tertiary alicyclic amines) is 3. The molecule has 0 aromatic heterocycles. The van der Waals surface area contributed by atoms with Gasteiger partial charge in [-0.25, -0.2) is 39.7 Å². The van der Waals surface area contributed by atoms with Crippen LogP contribution in [0.4, 0.5) is 14.4 Å². The first-order valence-corrected chi connectivity index (χ1v) is 49.5. The zero-order chi connectivity index (χ0) is 104. The first-order chi connectivity index (χ1) is 69.8. The number of aliphatic carboxylic acids is 1. The Morgan fingerprint density at radius 2 is 0.616 bits per heavy atom. The molecule has 37 heteroatoms. The molecular weight excluding hydrogens is 1880 g/mol. The number of amides is 8. The largest absolute Gasteiger partial charge is 0.492 e. The van der Waals surface area contributed by atoms with Crippen LogP contribution in [0, 0.1) is 0 Å². The summed E-state index contributed by atoms with van der Waals surface area (Å²) in [5.41, 5.74) is 11.7. The molecule has 4 unspecified atom stereocenters. The highest BCUT2D eigenvalue weighted by Gasteiger charge is 2.55. The van der Waals surface area contributed by atoms with Crippen molar-refractivity contribution < 1.29 is 130 Å². The van der Waals surface area contributed by atoms with Crippen LogP contribution in [0.15, 0.2) is 170 Å². The van der Waals surface area contributed by atoms with E-state index in [1.807, 2.05) is 159 Å². The Kier molecular flexibility index (Phi) is 31.8. The standard InChI is InChI=1S/C29H34N2O7.C28H33N3O7.C23H25N3O5.C18H23NO5.C11H13NO3/c1-28(2,3)38-27(34)30-13-11-29(12-14-30)22-8-6-5-7-21(22)24(37-29)25(32)31-15-16-36-23-17-19(26(33)35-4)9-10-20(23)18-31;1-27(2,3)38-26(34)30-12-10-28(11-13-30)21-7-5-4-6-20(21)23(37-28)25(33)31-14-15-36-22-16-18(24(32)29-35)8-9-19(22)17-31;27-21(25-29)15-5-6-16-14-26(11-12-30-19(16)13-15)22(28)20-17-3-1-2-4-18(17)23(31-20)7-9-24-10-8-23;1-17(2,3)24-16(22)19-10-8-18(9-11-19)13-7-5-4-6-12(13)14(23-18)15(20)21;1-14-11(13)8-2-3-9-7-12-4-5-15-10(9)6-8/h5-10,17,24H,11-16,18H2,1-4H3;4-9,16,23,35H,10-15,17H2,1-3H3,(H,29,32);1-6,13,20,24,29H,7-12,14H2,(H,25,27);4-7,14H,8-11H2,1-3H3,(H,20,21);2-3,6,12H,4-5,7H2,1H3. The van der Waals surface area contributed by atoms with Crippen molar-refractivity contribution in [3.8, 4) is 23.0 Å². The summed E-state index contributed by atoms with van der Waals surface area (Å²) in [6, 6.07) is 51.5. The maximum atomic E-state index is 13.9. The number of carbonyl (C=O) groups is 11. The Morgan fingerprint density at radius 1 is 0.336 bits per heavy atom. The van der Waals surface area contributed by atoms with Crippen molar-refractivity contribution in [2.24, 2.45) is 0 Å². The molecule has 12 aliphatic rings. The van der Waals surface area contributed by atoms with Gasteiger partial charge in [-0.1, -0.05) is 121 Å². The monoisotopic (exact) mass is 2010 g/mol. The van der Waals surface area contributed by atoms with Crippen LogP contribution in [0.25, 0.3) is 0 Å². The number of esters is 2. The number of carboxylic acid groups (broad SMARTS) is 1. The zero-order valence-corrected chi connectivity index (χ0v) is 84.1. The van der Waals surface area contributed by atoms with E-state index in [0.717, 1.165) is 112 Å². The van der Waals surface area contributed by atoms with Crippen LogP contribution in [-0.2, 0) is 110 Å². The van der Waals surface area contributed by atoms with Gasteiger partial charge < -0.3 is 107 Å². The summed E-state index contributed by atoms with van der Waals surface area (Å²) in [6.45, 7) is 26.5. The number of rotatable bonds is 8. The maximum absolute atomic E-state index is 13.9. The molecule has 4 saturated heterocycles. The van der Waals surface area contributed by atoms with E-state index in [9.17, 15) is 57.8 Å². The van der Waals surface area contributed by atoms with Crippen LogP contribution >= 0.6 is 0 Å². The second kappa shape index (κ2) is 44.3. The predicted molar refractivity (Wildman–Crippen MR) is 526 cm³/mol. The number of piperidine rings is 4. The molecule has 0 aliphatic carbocycles. The van der Waals surface area contributed by atoms with Gasteiger partial charge in [0.1, 0.15) is 66.2 Å². The highest BCUT2D eigenvalue weighted by atomic mass is 16.6. The number of nitrogens with one attached hydrogen (secondary N) is 4. The van der Waals surface area contributed by atoms with E-state index < -0.39 is 87.4 Å². The number of carboxylic acids is 1. The summed E-state index contributed by atoms with van der Waals surface area (Å²) in [4.78, 5) is 147. The fourth-order valence-corrected chi connectivity index (χ4v) is 20.6. The third-order valence-electron chi connectivity index (χ3n) is 27.9. The summed E-state index contributed by atoms with van der Waals surface area (Å²) in [7, 11) is 2.71. The van der Waals surface area contributed by atoms with E-state index in [2.05, 4.69) is 21.4 Å². The van der Waals surface area contributed by atoms with Crippen LogP contribution in [0.2, 0.25) is 0 Å². The van der Waals surface area contributed by atoms with Gasteiger partial charge in [0.15, 0.2) is 24.4 Å². The van der Waals surface area contributed by atoms with Crippen molar-refractivity contribution >= 4 is 65.7 Å². The molecule has 0 bridgehead atoms. The SMILES string of the molecule is CC(C)(C)OC(=O)N1CCC2(CC1)OC(C(=O)N1CCOc3cc(C(=O)NO)ccc3C1)c1ccccc12.CC(C)(C)OC(=O)N1CCC2(CC1)OC(C(=O)O)c1ccccc12.COC(=O)c1ccc2c(c1)OCCN(C(=O)C1OC3(CCN(C(=O)OC(C)(C)C)CC3)c3ccccc31)C2.COC(=O)c1ccc2c(c1)OCCNC2.O=C(NO)c1ccc2c(c1)OCCN(C(=O)C1OC3(CCNCC3)c3ccccc31)C2. The molecule has 146 heavy (non-hydrogen) atoms. The van der Waals surface area contributed by atoms with Gasteiger partial charge in [0, 0.05) is 105 Å². The topological polar surface area (TPSA) is 436 Å². The number of benzene rings is 8. The average Bonchev–Trinajstić information content (AvgIpc) is 1.60. The van der Waals surface area contributed by atoms with Gasteiger partial charge >= 0.3 is 36.2 Å². The van der Waals surface area contributed by atoms with E-state index in [1.165, 1.54) is 14.2 Å². The Labute approximate surface area is 846 Å². The summed E-state index contributed by atoms with van der Waals surface area (Å²) >= 11 is 0. The molecule has 8 aromatic carbocycles. The minimum atomic E-state index is -0.978. The number of hydrogen-bond donors (Lipinski definition) is 7. The van der Waals surface area contributed by atoms with Crippen molar-refractivity contribution in [2.75, 3.05) is 119 Å². The molecule has 4 atom stereocenters. The molecule has 37 nitrogen and oxygen atoms in total. The number of fused-ring (bicyclic) bond motifs is 12. The molecule has 4 spiro atoms. The summed E-state index contributed by atoms with van der Waals surface area (Å²) in [6.07, 6.45) is 1.02. The van der Waals surface area contributed by atoms with Crippen molar-refractivity contribution in [2.45, 2.75) is 203 Å². The maximum Gasteiger partial charge on any atom is 0.410 e. The number of hydrogen-bond acceptors (Lipinski definition) is 28. The van der Waals surface area contributed by atoms with Crippen LogP contribution in [0.1, 0.15) is 246 Å². The van der Waals surface area contributed by atoms with Crippen molar-refractivity contribution in [3.63, 3.8) is 0 Å². The molecule has 0 radical (unpaired) electrons. The molecule has 7 N–H and O–H groups in total. The van der Waals surface area contributed by atoms with Gasteiger partial charge in [-0.15, -0.1) is 0 Å². The lowest BCUT2D eigenvalue weighted by atomic mass is 9.83. The van der Waals surface area contributed by atoms with E-state index in [-0.39, 0.29) is 54.1 Å². The lowest BCUT2D eigenvalue weighted by molar-refractivity contribution is -0.166. The Bertz CT molecular complexity index is 6000. The number of methoxy groups -OCH3 is 2. The molecule has 12 aliphatic heterocycles. The van der Waals surface area contributed by atoms with Gasteiger partial charge in [0.05, 0.1) is 67.4 Å². The van der Waals surface area contributed by atoms with Crippen LogP contribution in [0.5, 0.6) is 23.0 Å². The van der Waals surface area contributed by atoms with Gasteiger partial charge in [-0.2, -0.15) is 0 Å². The predicted octanol–water partition coefficient (Wildman–Crippen LogP) is 13.6. The fraction of sp³-hybridized carbons (Fsp3) is 0.459. The first-order valence-electron chi connectivity index (χ1n) is 49.5. The third-order valence-corrected chi connectivity index (χ3v) is 27.9. The van der Waals surface area contributed by atoms with Crippen LogP contribution in [0.3, 0.4) is 0 Å². The summed E-state index contributed by atoms with van der Waals surface area (Å²) in [5, 5.41) is 33.8. The van der Waals surface area contributed by atoms with E-state index in [1.54, 1.807) is 107 Å². The lowest BCUT2D eigenvalue weighted by Crippen LogP contribution is -2.47. The molecule has 8 aromatic rings. The van der Waals surface area contributed by atoms with Crippen LogP contribution < -0.4 is 40.5 Å². The average molecular weight is 2010 g/mol. The van der Waals surface area contributed by atoms with E-state index >= 15 is 0 Å². The molecule has 8 amide bonds. The molecule has 4 fully saturated rings. The molecular formula is C109H128N10O27. The Balaban J connectivity index is 0.000000134. The lowest BCUT2D eigenvalue weighted by Gasteiger charge is -2.40. The summed E-state index contributed by atoms with van der Waals surface area (Å²) < 4.78 is 74.7. The van der Waals surface area contributed by atoms with Crippen molar-refractivity contribution in [3.05, 3.63) is 259 Å². The van der Waals surface area contributed by atoms with Gasteiger partial charge in [-0.3, -0.25) is 34.4 Å². The molecule has 0 saturated carbocycles. The molecule has 12 heterocycles. The highest BCUT2D eigenvalue weighted by molar-refractivity contribution is 5.95. The fourth-order valence-electron chi connectivity index (χ4n) is 20.6. The minimum absolute atomic E-state index is 0.0727. The van der Waals surface area contributed by atoms with Crippen molar-refractivity contribution in [1.29, 1.82) is 0 Å². The number of nitrogens with zero attached hydrogens (tertiary/aromatic N) is 6. The van der Waals surface area contributed by atoms with Gasteiger partial charge in [0.25, 0.3) is 29.5 Å². The number of ether oxygens (including phenoxy) is 13.